The van der Waals surface area contributed by atoms with E-state index < -0.39 is 0 Å². The zero-order chi connectivity index (χ0) is 10.7. The minimum absolute atomic E-state index is 0.115. The number of imidazole rings is 1. The summed E-state index contributed by atoms with van der Waals surface area (Å²) < 4.78 is 1.82. The van der Waals surface area contributed by atoms with Gasteiger partial charge in [0.25, 0.3) is 0 Å². The summed E-state index contributed by atoms with van der Waals surface area (Å²) in [6.45, 7) is 0. The smallest absolute Gasteiger partial charge is 0.189 e. The van der Waals surface area contributed by atoms with E-state index in [-0.39, 0.29) is 5.78 Å². The average molecular weight is 221 g/mol. The van der Waals surface area contributed by atoms with Gasteiger partial charge in [0.2, 0.25) is 0 Å². The molecule has 0 saturated carbocycles. The maximum Gasteiger partial charge on any atom is 0.189 e. The van der Waals surface area contributed by atoms with Gasteiger partial charge in [-0.15, -0.1) is 0 Å². The normalized spacial score (nSPS) is 10.5. The summed E-state index contributed by atoms with van der Waals surface area (Å²) in [4.78, 5) is 18.7. The summed E-state index contributed by atoms with van der Waals surface area (Å²) in [6, 6.07) is 3.69. The quantitative estimate of drug-likeness (QED) is 0.631. The molecular weight excluding hydrogens is 210 g/mol. The fraction of sp³-hybridized carbons (Fsp3) is 0.200. The summed E-state index contributed by atoms with van der Waals surface area (Å²) in [5, 5.41) is 0.776. The summed E-state index contributed by atoms with van der Waals surface area (Å²) >= 11 is 1.41. The fourth-order valence-corrected chi connectivity index (χ4v) is 1.99. The molecule has 0 aliphatic heterocycles. The first-order valence-electron chi connectivity index (χ1n) is 4.54. The van der Waals surface area contributed by atoms with Crippen LogP contribution in [-0.2, 0) is 7.05 Å². The molecule has 0 aliphatic rings. The number of hydrogen-bond acceptors (Lipinski definition) is 3. The first-order chi connectivity index (χ1) is 7.27. The van der Waals surface area contributed by atoms with Gasteiger partial charge < -0.3 is 9.55 Å². The van der Waals surface area contributed by atoms with Crippen LogP contribution >= 0.6 is 11.8 Å². The highest BCUT2D eigenvalue weighted by Gasteiger charge is 2.09. The highest BCUT2D eigenvalue weighted by molar-refractivity contribution is 7.99. The number of thioether (sulfide) groups is 1. The molecule has 78 valence electrons. The molecule has 1 N–H and O–H groups in total. The van der Waals surface area contributed by atoms with E-state index in [1.54, 1.807) is 12.4 Å². The lowest BCUT2D eigenvalue weighted by Crippen LogP contribution is -2.07. The summed E-state index contributed by atoms with van der Waals surface area (Å²) in [5.41, 5.74) is 0.731. The van der Waals surface area contributed by atoms with E-state index in [0.29, 0.717) is 5.75 Å². The molecule has 0 amide bonds. The molecule has 0 bridgehead atoms. The second-order valence-electron chi connectivity index (χ2n) is 3.11. The minimum Gasteiger partial charge on any atom is -0.348 e. The van der Waals surface area contributed by atoms with E-state index >= 15 is 0 Å². The van der Waals surface area contributed by atoms with Crippen LogP contribution in [0.15, 0.2) is 35.9 Å². The van der Waals surface area contributed by atoms with E-state index in [1.807, 2.05) is 29.9 Å². The van der Waals surface area contributed by atoms with Crippen LogP contribution in [0.2, 0.25) is 0 Å². The van der Waals surface area contributed by atoms with Gasteiger partial charge in [-0.1, -0.05) is 11.8 Å². The number of aryl methyl sites for hydroxylation is 1. The molecule has 15 heavy (non-hydrogen) atoms. The number of aromatic nitrogens is 3. The van der Waals surface area contributed by atoms with Crippen LogP contribution in [0.1, 0.15) is 10.5 Å². The molecule has 0 fully saturated rings. The highest BCUT2D eigenvalue weighted by Crippen LogP contribution is 2.14. The van der Waals surface area contributed by atoms with Gasteiger partial charge in [-0.25, -0.2) is 4.98 Å². The zero-order valence-corrected chi connectivity index (χ0v) is 9.12. The Kier molecular flexibility index (Phi) is 2.91. The van der Waals surface area contributed by atoms with Crippen LogP contribution in [0.4, 0.5) is 0 Å². The van der Waals surface area contributed by atoms with E-state index in [4.69, 9.17) is 0 Å². The van der Waals surface area contributed by atoms with E-state index in [1.165, 1.54) is 11.8 Å². The predicted molar refractivity (Wildman–Crippen MR) is 59.1 cm³/mol. The van der Waals surface area contributed by atoms with Crippen LogP contribution < -0.4 is 0 Å². The Bertz CT molecular complexity index is 447. The molecule has 0 atom stereocenters. The van der Waals surface area contributed by atoms with Crippen molar-refractivity contribution in [3.05, 3.63) is 36.4 Å². The average Bonchev–Trinajstić information content (AvgIpc) is 2.84. The third-order valence-electron chi connectivity index (χ3n) is 2.04. The van der Waals surface area contributed by atoms with Crippen molar-refractivity contribution in [1.29, 1.82) is 0 Å². The van der Waals surface area contributed by atoms with Crippen LogP contribution in [-0.4, -0.2) is 26.1 Å². The maximum atomic E-state index is 11.7. The number of carbonyl (C=O) groups is 1. The molecule has 4 nitrogen and oxygen atoms in total. The third kappa shape index (κ3) is 2.30. The summed E-state index contributed by atoms with van der Waals surface area (Å²) in [7, 11) is 1.87. The van der Waals surface area contributed by atoms with Gasteiger partial charge in [-0.3, -0.25) is 4.79 Å². The van der Waals surface area contributed by atoms with Gasteiger partial charge >= 0.3 is 0 Å². The summed E-state index contributed by atoms with van der Waals surface area (Å²) in [6.07, 6.45) is 5.29. The lowest BCUT2D eigenvalue weighted by Gasteiger charge is -2.00. The van der Waals surface area contributed by atoms with E-state index in [2.05, 4.69) is 9.97 Å². The van der Waals surface area contributed by atoms with Crippen molar-refractivity contribution in [1.82, 2.24) is 14.5 Å². The largest absolute Gasteiger partial charge is 0.348 e. The molecule has 0 spiro atoms. The SMILES string of the molecule is Cn1cccc1C(=O)CSc1ncc[nH]1. The number of Topliss-reactive ketones (excluding diaryl/α,β-unsaturated/α-hetero) is 1. The Morgan fingerprint density at radius 1 is 1.67 bits per heavy atom. The second-order valence-corrected chi connectivity index (χ2v) is 4.07. The van der Waals surface area contributed by atoms with Gasteiger partial charge in [-0.05, 0) is 12.1 Å². The molecular formula is C10H11N3OS. The Labute approximate surface area is 91.7 Å². The van der Waals surface area contributed by atoms with Crippen molar-refractivity contribution >= 4 is 17.5 Å². The Morgan fingerprint density at radius 2 is 2.53 bits per heavy atom. The number of nitrogens with one attached hydrogen (secondary N) is 1. The number of nitrogens with zero attached hydrogens (tertiary/aromatic N) is 2. The first kappa shape index (κ1) is 10.0. The Hall–Kier alpha value is -1.49. The Balaban J connectivity index is 1.96. The standard InChI is InChI=1S/C10H11N3OS/c1-13-6-2-3-8(13)9(14)7-15-10-11-4-5-12-10/h2-6H,7H2,1H3,(H,11,12). The molecule has 0 saturated heterocycles. The number of ketones is 1. The van der Waals surface area contributed by atoms with Crippen molar-refractivity contribution in [2.75, 3.05) is 5.75 Å². The third-order valence-corrected chi connectivity index (χ3v) is 2.95. The topological polar surface area (TPSA) is 50.7 Å². The van der Waals surface area contributed by atoms with E-state index in [0.717, 1.165) is 10.9 Å². The molecule has 2 rings (SSSR count). The molecule has 2 aromatic rings. The molecule has 0 radical (unpaired) electrons. The second kappa shape index (κ2) is 4.35. The van der Waals surface area contributed by atoms with Gasteiger partial charge in [0, 0.05) is 25.6 Å². The molecule has 0 aromatic carbocycles. The summed E-state index contributed by atoms with van der Waals surface area (Å²) in [5.74, 6) is 0.523. The van der Waals surface area contributed by atoms with Crippen molar-refractivity contribution in [2.45, 2.75) is 5.16 Å². The first-order valence-corrected chi connectivity index (χ1v) is 5.52. The number of H-pyrrole nitrogens is 1. The number of carbonyl (C=O) groups excluding carboxylic acids is 1. The van der Waals surface area contributed by atoms with Crippen LogP contribution in [0.25, 0.3) is 0 Å². The van der Waals surface area contributed by atoms with Crippen LogP contribution in [0.5, 0.6) is 0 Å². The number of rotatable bonds is 4. The van der Waals surface area contributed by atoms with E-state index in [9.17, 15) is 4.79 Å². The fourth-order valence-electron chi connectivity index (χ4n) is 1.29. The van der Waals surface area contributed by atoms with Crippen LogP contribution in [0, 0.1) is 0 Å². The minimum atomic E-state index is 0.115. The van der Waals surface area contributed by atoms with Crippen molar-refractivity contribution in [3.63, 3.8) is 0 Å². The van der Waals surface area contributed by atoms with Gasteiger partial charge in [-0.2, -0.15) is 0 Å². The maximum absolute atomic E-state index is 11.7. The van der Waals surface area contributed by atoms with Crippen molar-refractivity contribution < 1.29 is 4.79 Å². The lowest BCUT2D eigenvalue weighted by atomic mass is 10.3. The zero-order valence-electron chi connectivity index (χ0n) is 8.30. The van der Waals surface area contributed by atoms with Gasteiger partial charge in [0.15, 0.2) is 10.9 Å². The lowest BCUT2D eigenvalue weighted by molar-refractivity contribution is 0.101. The van der Waals surface area contributed by atoms with Gasteiger partial charge in [0.1, 0.15) is 0 Å². The van der Waals surface area contributed by atoms with Gasteiger partial charge in [0.05, 0.1) is 11.4 Å². The predicted octanol–water partition coefficient (Wildman–Crippen LogP) is 1.72. The monoisotopic (exact) mass is 221 g/mol. The number of aromatic amines is 1. The molecule has 0 aliphatic carbocycles. The van der Waals surface area contributed by atoms with Crippen molar-refractivity contribution in [3.8, 4) is 0 Å². The molecule has 2 heterocycles. The molecule has 2 aromatic heterocycles. The molecule has 5 heteroatoms. The van der Waals surface area contributed by atoms with Crippen molar-refractivity contribution in [2.24, 2.45) is 7.05 Å². The Morgan fingerprint density at radius 3 is 3.13 bits per heavy atom. The van der Waals surface area contributed by atoms with Crippen LogP contribution in [0.3, 0.4) is 0 Å². The highest BCUT2D eigenvalue weighted by atomic mass is 32.2. The number of hydrogen-bond donors (Lipinski definition) is 1. The molecule has 0 unspecified atom stereocenters.